The van der Waals surface area contributed by atoms with E-state index in [9.17, 15) is 18.0 Å². The van der Waals surface area contributed by atoms with Gasteiger partial charge in [-0.2, -0.15) is 0 Å². The number of benzene rings is 3. The van der Waals surface area contributed by atoms with Crippen LogP contribution in [0.15, 0.2) is 83.8 Å². The number of hydrogen-bond acceptors (Lipinski definition) is 6. The van der Waals surface area contributed by atoms with E-state index in [1.54, 1.807) is 30.3 Å². The second-order valence-corrected chi connectivity index (χ2v) is 11.3. The van der Waals surface area contributed by atoms with Gasteiger partial charge >= 0.3 is 0 Å². The molecule has 220 valence electrons. The molecule has 0 saturated heterocycles. The fourth-order valence-corrected chi connectivity index (χ4v) is 5.86. The number of carbonyl (C=O) groups excluding carboxylic acids is 2. The summed E-state index contributed by atoms with van der Waals surface area (Å²) in [7, 11) is -1.35. The third-order valence-corrected chi connectivity index (χ3v) is 8.45. The van der Waals surface area contributed by atoms with Crippen LogP contribution in [0.3, 0.4) is 0 Å². The van der Waals surface area contributed by atoms with Gasteiger partial charge in [-0.25, -0.2) is 8.42 Å². The fourth-order valence-electron chi connectivity index (χ4n) is 4.43. The number of para-hydroxylation sites is 1. The fraction of sp³-hybridized carbons (Fsp3) is 0.355. The summed E-state index contributed by atoms with van der Waals surface area (Å²) in [5.74, 6) is -0.144. The Balaban J connectivity index is 2.03. The summed E-state index contributed by atoms with van der Waals surface area (Å²) in [5.41, 5.74) is 1.14. The van der Waals surface area contributed by atoms with Gasteiger partial charge in [0.15, 0.2) is 11.5 Å². The van der Waals surface area contributed by atoms with E-state index in [0.717, 1.165) is 22.7 Å². The van der Waals surface area contributed by atoms with Crippen LogP contribution < -0.4 is 19.1 Å². The van der Waals surface area contributed by atoms with Crippen LogP contribution in [0.25, 0.3) is 0 Å². The lowest BCUT2D eigenvalue weighted by atomic mass is 10.1. The van der Waals surface area contributed by atoms with Crippen LogP contribution in [-0.2, 0) is 26.2 Å². The minimum atomic E-state index is -4.23. The minimum absolute atomic E-state index is 0.0641. The van der Waals surface area contributed by atoms with Crippen molar-refractivity contribution in [2.24, 2.45) is 0 Å². The molecule has 3 rings (SSSR count). The monoisotopic (exact) mass is 581 g/mol. The molecular formula is C31H39N3O6S. The van der Waals surface area contributed by atoms with Crippen molar-refractivity contribution >= 4 is 27.5 Å². The zero-order valence-corrected chi connectivity index (χ0v) is 24.9. The maximum absolute atomic E-state index is 14.1. The molecule has 0 saturated carbocycles. The van der Waals surface area contributed by atoms with E-state index in [2.05, 4.69) is 5.32 Å². The summed E-state index contributed by atoms with van der Waals surface area (Å²) >= 11 is 0. The predicted molar refractivity (Wildman–Crippen MR) is 160 cm³/mol. The van der Waals surface area contributed by atoms with E-state index in [4.69, 9.17) is 9.47 Å². The summed E-state index contributed by atoms with van der Waals surface area (Å²) in [6.07, 6.45) is 2.11. The smallest absolute Gasteiger partial charge is 0.264 e. The summed E-state index contributed by atoms with van der Waals surface area (Å²) in [5, 5.41) is 2.93. The van der Waals surface area contributed by atoms with Crippen molar-refractivity contribution in [1.82, 2.24) is 10.2 Å². The lowest BCUT2D eigenvalue weighted by molar-refractivity contribution is -0.140. The number of carbonyl (C=O) groups is 2. The normalized spacial score (nSPS) is 11.8. The first-order valence-electron chi connectivity index (χ1n) is 13.7. The van der Waals surface area contributed by atoms with Gasteiger partial charge < -0.3 is 19.7 Å². The zero-order valence-electron chi connectivity index (χ0n) is 24.1. The zero-order chi connectivity index (χ0) is 29.8. The summed E-state index contributed by atoms with van der Waals surface area (Å²) in [6.45, 7) is 4.02. The average Bonchev–Trinajstić information content (AvgIpc) is 3.00. The highest BCUT2D eigenvalue weighted by molar-refractivity contribution is 7.92. The summed E-state index contributed by atoms with van der Waals surface area (Å²) in [6, 6.07) is 21.3. The van der Waals surface area contributed by atoms with Crippen LogP contribution in [-0.4, -0.2) is 58.5 Å². The molecule has 0 aliphatic heterocycles. The first-order chi connectivity index (χ1) is 19.8. The topological polar surface area (TPSA) is 105 Å². The molecule has 0 bridgehead atoms. The molecule has 10 heteroatoms. The second-order valence-electron chi connectivity index (χ2n) is 9.44. The van der Waals surface area contributed by atoms with Crippen molar-refractivity contribution in [3.63, 3.8) is 0 Å². The van der Waals surface area contributed by atoms with Crippen molar-refractivity contribution in [2.45, 2.75) is 50.6 Å². The molecule has 9 nitrogen and oxygen atoms in total. The molecule has 0 aliphatic rings. The van der Waals surface area contributed by atoms with Crippen LogP contribution in [0, 0.1) is 0 Å². The maximum Gasteiger partial charge on any atom is 0.264 e. The van der Waals surface area contributed by atoms with Gasteiger partial charge in [0, 0.05) is 19.2 Å². The Morgan fingerprint density at radius 2 is 1.51 bits per heavy atom. The van der Waals surface area contributed by atoms with E-state index in [0.29, 0.717) is 24.4 Å². The molecule has 3 aromatic carbocycles. The van der Waals surface area contributed by atoms with E-state index >= 15 is 0 Å². The number of amides is 2. The van der Waals surface area contributed by atoms with Gasteiger partial charge in [0.05, 0.1) is 24.8 Å². The lowest BCUT2D eigenvalue weighted by Gasteiger charge is -2.33. The first-order valence-corrected chi connectivity index (χ1v) is 15.1. The Morgan fingerprint density at radius 1 is 0.878 bits per heavy atom. The number of sulfonamides is 1. The number of nitrogens with zero attached hydrogens (tertiary/aromatic N) is 2. The average molecular weight is 582 g/mol. The molecule has 0 aromatic heterocycles. The van der Waals surface area contributed by atoms with Crippen LogP contribution in [0.4, 0.5) is 5.69 Å². The Labute approximate surface area is 243 Å². The van der Waals surface area contributed by atoms with E-state index < -0.39 is 28.5 Å². The number of unbranched alkanes of at least 4 members (excludes halogenated alkanes) is 1. The number of rotatable bonds is 15. The van der Waals surface area contributed by atoms with Gasteiger partial charge in [-0.1, -0.05) is 68.8 Å². The first kappa shape index (κ1) is 31.5. The second kappa shape index (κ2) is 15.1. The summed E-state index contributed by atoms with van der Waals surface area (Å²) in [4.78, 5) is 28.7. The molecule has 0 aliphatic carbocycles. The molecule has 41 heavy (non-hydrogen) atoms. The number of hydrogen-bond donors (Lipinski definition) is 1. The van der Waals surface area contributed by atoms with Crippen LogP contribution >= 0.6 is 0 Å². The number of anilines is 1. The van der Waals surface area contributed by atoms with Crippen LogP contribution in [0.1, 0.15) is 38.7 Å². The van der Waals surface area contributed by atoms with Crippen LogP contribution in [0.5, 0.6) is 11.5 Å². The maximum atomic E-state index is 14.1. The van der Waals surface area contributed by atoms with Gasteiger partial charge in [-0.05, 0) is 42.7 Å². The number of nitrogens with one attached hydrogen (secondary N) is 1. The number of ether oxygens (including phenoxy) is 2. The highest BCUT2D eigenvalue weighted by Crippen LogP contribution is 2.32. The third-order valence-electron chi connectivity index (χ3n) is 6.68. The van der Waals surface area contributed by atoms with Gasteiger partial charge in [0.25, 0.3) is 10.0 Å². The third kappa shape index (κ3) is 8.00. The molecule has 3 aromatic rings. The van der Waals surface area contributed by atoms with Crippen molar-refractivity contribution in [2.75, 3.05) is 31.6 Å². The SMILES string of the molecule is CCCCNC(=O)[C@H](CC)N(Cc1ccccc1)C(=O)CN(c1ccccc1)S(=O)(=O)c1ccc(OC)c(OC)c1. The van der Waals surface area contributed by atoms with Crippen molar-refractivity contribution in [3.05, 3.63) is 84.4 Å². The van der Waals surface area contributed by atoms with E-state index in [1.807, 2.05) is 44.2 Å². The molecule has 0 unspecified atom stereocenters. The molecule has 0 spiro atoms. The number of methoxy groups -OCH3 is 2. The minimum Gasteiger partial charge on any atom is -0.493 e. The van der Waals surface area contributed by atoms with Crippen molar-refractivity contribution < 1.29 is 27.5 Å². The van der Waals surface area contributed by atoms with Crippen LogP contribution in [0.2, 0.25) is 0 Å². The van der Waals surface area contributed by atoms with Crippen molar-refractivity contribution in [1.29, 1.82) is 0 Å². The summed E-state index contributed by atoms with van der Waals surface area (Å²) < 4.78 is 39.7. The lowest BCUT2D eigenvalue weighted by Crippen LogP contribution is -2.52. The predicted octanol–water partition coefficient (Wildman–Crippen LogP) is 4.62. The van der Waals surface area contributed by atoms with Gasteiger partial charge in [0.2, 0.25) is 11.8 Å². The van der Waals surface area contributed by atoms with E-state index in [1.165, 1.54) is 37.3 Å². The molecule has 0 radical (unpaired) electrons. The van der Waals surface area contributed by atoms with Crippen molar-refractivity contribution in [3.8, 4) is 11.5 Å². The molecule has 0 fully saturated rings. The Bertz CT molecular complexity index is 1380. The quantitative estimate of drug-likeness (QED) is 0.263. The standard InChI is InChI=1S/C31H39N3O6S/c1-5-7-20-32-31(36)27(6-2)33(22-24-14-10-8-11-15-24)30(35)23-34(25-16-12-9-13-17-25)41(37,38)26-18-19-28(39-3)29(21-26)40-4/h8-19,21,27H,5-7,20,22-23H2,1-4H3,(H,32,36)/t27-/m0/s1. The highest BCUT2D eigenvalue weighted by atomic mass is 32.2. The van der Waals surface area contributed by atoms with E-state index in [-0.39, 0.29) is 23.1 Å². The Morgan fingerprint density at radius 3 is 2.10 bits per heavy atom. The molecule has 2 amide bonds. The molecule has 1 N–H and O–H groups in total. The highest BCUT2D eigenvalue weighted by Gasteiger charge is 2.34. The van der Waals surface area contributed by atoms with Gasteiger partial charge in [-0.15, -0.1) is 0 Å². The van der Waals surface area contributed by atoms with Gasteiger partial charge in [0.1, 0.15) is 12.6 Å². The largest absolute Gasteiger partial charge is 0.493 e. The Hall–Kier alpha value is -4.05. The Kier molecular flexibility index (Phi) is 11.6. The van der Waals surface area contributed by atoms with Gasteiger partial charge in [-0.3, -0.25) is 13.9 Å². The molecule has 1 atom stereocenters. The molecular weight excluding hydrogens is 542 g/mol. The molecule has 0 heterocycles.